The number of ether oxygens (including phenoxy) is 1. The number of esters is 1. The van der Waals surface area contributed by atoms with Crippen LogP contribution in [0, 0.1) is 0 Å². The second-order valence-electron chi connectivity index (χ2n) is 5.00. The summed E-state index contributed by atoms with van der Waals surface area (Å²) in [6, 6.07) is 4.79. The van der Waals surface area contributed by atoms with E-state index in [4.69, 9.17) is 27.9 Å². The van der Waals surface area contributed by atoms with Crippen LogP contribution in [0.25, 0.3) is 0 Å². The molecule has 5 heteroatoms. The van der Waals surface area contributed by atoms with Crippen LogP contribution in [0.4, 0.5) is 0 Å². The summed E-state index contributed by atoms with van der Waals surface area (Å²) in [6.07, 6.45) is 2.42. The van der Waals surface area contributed by atoms with Gasteiger partial charge in [0.05, 0.1) is 23.7 Å². The molecule has 2 rings (SSSR count). The molecule has 0 saturated carbocycles. The van der Waals surface area contributed by atoms with Gasteiger partial charge in [-0.2, -0.15) is 0 Å². The molecule has 19 heavy (non-hydrogen) atoms. The van der Waals surface area contributed by atoms with Crippen molar-refractivity contribution in [2.45, 2.75) is 25.9 Å². The van der Waals surface area contributed by atoms with E-state index in [1.165, 1.54) is 30.8 Å². The van der Waals surface area contributed by atoms with Crippen molar-refractivity contribution in [3.63, 3.8) is 0 Å². The molecule has 0 amide bonds. The number of carbonyl (C=O) groups excluding carboxylic acids is 1. The van der Waals surface area contributed by atoms with Crippen molar-refractivity contribution >= 4 is 29.2 Å². The van der Waals surface area contributed by atoms with Gasteiger partial charge in [0.2, 0.25) is 0 Å². The Morgan fingerprint density at radius 1 is 1.37 bits per heavy atom. The van der Waals surface area contributed by atoms with Crippen LogP contribution in [0.3, 0.4) is 0 Å². The highest BCUT2D eigenvalue weighted by Crippen LogP contribution is 2.21. The maximum atomic E-state index is 12.0. The van der Waals surface area contributed by atoms with E-state index in [-0.39, 0.29) is 12.1 Å². The van der Waals surface area contributed by atoms with Gasteiger partial charge in [0.1, 0.15) is 12.6 Å². The number of quaternary nitrogens is 1. The first-order valence-electron chi connectivity index (χ1n) is 6.56. The molecule has 1 aromatic rings. The number of halogens is 2. The number of carbonyl (C=O) groups is 1. The topological polar surface area (TPSA) is 30.7 Å². The van der Waals surface area contributed by atoms with E-state index in [1.54, 1.807) is 18.2 Å². The highest BCUT2D eigenvalue weighted by Gasteiger charge is 2.22. The van der Waals surface area contributed by atoms with E-state index in [1.807, 2.05) is 6.92 Å². The molecular formula is C14H18Cl2NO2+. The Balaban J connectivity index is 1.92. The van der Waals surface area contributed by atoms with Gasteiger partial charge in [-0.3, -0.25) is 0 Å². The minimum atomic E-state index is -0.382. The minimum Gasteiger partial charge on any atom is -0.453 e. The molecule has 0 aliphatic carbocycles. The monoisotopic (exact) mass is 302 g/mol. The number of rotatable bonds is 4. The average molecular weight is 303 g/mol. The molecule has 104 valence electrons. The molecule has 0 unspecified atom stereocenters. The predicted octanol–water partition coefficient (Wildman–Crippen LogP) is 2.22. The summed E-state index contributed by atoms with van der Waals surface area (Å²) < 4.78 is 5.43. The zero-order valence-electron chi connectivity index (χ0n) is 10.9. The first-order valence-corrected chi connectivity index (χ1v) is 7.31. The largest absolute Gasteiger partial charge is 0.453 e. The molecule has 1 aromatic carbocycles. The number of hydrogen-bond donors (Lipinski definition) is 1. The van der Waals surface area contributed by atoms with Crippen molar-refractivity contribution in [3.05, 3.63) is 33.8 Å². The number of nitrogens with one attached hydrogen (secondary N) is 1. The molecule has 1 saturated heterocycles. The maximum absolute atomic E-state index is 12.0. The van der Waals surface area contributed by atoms with Crippen LogP contribution in [0.1, 0.15) is 30.1 Å². The molecule has 1 aliphatic rings. The summed E-state index contributed by atoms with van der Waals surface area (Å²) in [6.45, 7) is 5.12. The summed E-state index contributed by atoms with van der Waals surface area (Å²) in [7, 11) is 0. The third-order valence-electron chi connectivity index (χ3n) is 3.35. The lowest BCUT2D eigenvalue weighted by Crippen LogP contribution is -3.11. The highest BCUT2D eigenvalue weighted by atomic mass is 35.5. The molecule has 0 radical (unpaired) electrons. The van der Waals surface area contributed by atoms with Crippen molar-refractivity contribution in [1.29, 1.82) is 0 Å². The first kappa shape index (κ1) is 14.6. The molecular weight excluding hydrogens is 285 g/mol. The van der Waals surface area contributed by atoms with Crippen LogP contribution in [0.15, 0.2) is 18.2 Å². The van der Waals surface area contributed by atoms with Crippen molar-refractivity contribution < 1.29 is 14.4 Å². The van der Waals surface area contributed by atoms with Crippen LogP contribution in [-0.2, 0) is 4.74 Å². The summed E-state index contributed by atoms with van der Waals surface area (Å²) in [5, 5.41) is 0.842. The zero-order valence-corrected chi connectivity index (χ0v) is 12.4. The molecule has 0 aromatic heterocycles. The van der Waals surface area contributed by atoms with Crippen molar-refractivity contribution in [2.75, 3.05) is 19.6 Å². The summed E-state index contributed by atoms with van der Waals surface area (Å²) in [5.41, 5.74) is 0.370. The van der Waals surface area contributed by atoms with Crippen LogP contribution in [-0.4, -0.2) is 31.7 Å². The molecule has 3 nitrogen and oxygen atoms in total. The standard InChI is InChI=1S/C14H17Cl2NO2/c1-10(9-17-6-2-3-7-17)19-14(18)12-5-4-11(15)8-13(12)16/h4-5,8,10H,2-3,6-7,9H2,1H3/p+1/t10-/m0/s1. The highest BCUT2D eigenvalue weighted by molar-refractivity contribution is 6.36. The van der Waals surface area contributed by atoms with Gasteiger partial charge >= 0.3 is 5.97 Å². The molecule has 1 atom stereocenters. The van der Waals surface area contributed by atoms with E-state index in [2.05, 4.69) is 0 Å². The van der Waals surface area contributed by atoms with E-state index in [9.17, 15) is 4.79 Å². The fourth-order valence-corrected chi connectivity index (χ4v) is 2.91. The summed E-state index contributed by atoms with van der Waals surface area (Å²) in [5.74, 6) is -0.382. The van der Waals surface area contributed by atoms with Gasteiger partial charge in [-0.25, -0.2) is 4.79 Å². The fourth-order valence-electron chi connectivity index (χ4n) is 2.43. The van der Waals surface area contributed by atoms with Gasteiger partial charge in [-0.05, 0) is 25.1 Å². The van der Waals surface area contributed by atoms with Gasteiger partial charge in [0, 0.05) is 17.9 Å². The van der Waals surface area contributed by atoms with Crippen molar-refractivity contribution in [1.82, 2.24) is 0 Å². The number of hydrogen-bond acceptors (Lipinski definition) is 2. The third-order valence-corrected chi connectivity index (χ3v) is 3.89. The summed E-state index contributed by atoms with van der Waals surface area (Å²) in [4.78, 5) is 13.5. The smallest absolute Gasteiger partial charge is 0.340 e. The quantitative estimate of drug-likeness (QED) is 0.865. The normalized spacial score (nSPS) is 17.4. The predicted molar refractivity (Wildman–Crippen MR) is 76.1 cm³/mol. The zero-order chi connectivity index (χ0) is 13.8. The van der Waals surface area contributed by atoms with Gasteiger partial charge in [-0.1, -0.05) is 23.2 Å². The third kappa shape index (κ3) is 4.10. The lowest BCUT2D eigenvalue weighted by molar-refractivity contribution is -0.890. The first-order chi connectivity index (χ1) is 9.06. The van der Waals surface area contributed by atoms with Gasteiger partial charge in [0.25, 0.3) is 0 Å². The Labute approximate surface area is 123 Å². The van der Waals surface area contributed by atoms with E-state index < -0.39 is 0 Å². The average Bonchev–Trinajstić information content (AvgIpc) is 2.81. The Kier molecular flexibility index (Phi) is 5.08. The van der Waals surface area contributed by atoms with E-state index in [0.717, 1.165) is 6.54 Å². The van der Waals surface area contributed by atoms with Gasteiger partial charge < -0.3 is 9.64 Å². The molecule has 0 bridgehead atoms. The molecule has 1 heterocycles. The molecule has 1 aliphatic heterocycles. The number of benzene rings is 1. The lowest BCUT2D eigenvalue weighted by Gasteiger charge is -2.18. The van der Waals surface area contributed by atoms with Gasteiger partial charge in [0.15, 0.2) is 0 Å². The van der Waals surface area contributed by atoms with Crippen LogP contribution in [0.5, 0.6) is 0 Å². The maximum Gasteiger partial charge on any atom is 0.340 e. The van der Waals surface area contributed by atoms with E-state index >= 15 is 0 Å². The molecule has 1 N–H and O–H groups in total. The Morgan fingerprint density at radius 2 is 2.05 bits per heavy atom. The van der Waals surface area contributed by atoms with Crippen molar-refractivity contribution in [3.8, 4) is 0 Å². The van der Waals surface area contributed by atoms with E-state index in [0.29, 0.717) is 15.6 Å². The van der Waals surface area contributed by atoms with Crippen LogP contribution >= 0.6 is 23.2 Å². The molecule has 1 fully saturated rings. The second kappa shape index (κ2) is 6.60. The lowest BCUT2D eigenvalue weighted by atomic mass is 10.2. The minimum absolute atomic E-state index is 0.104. The van der Waals surface area contributed by atoms with Crippen LogP contribution in [0.2, 0.25) is 10.0 Å². The van der Waals surface area contributed by atoms with Crippen molar-refractivity contribution in [2.24, 2.45) is 0 Å². The van der Waals surface area contributed by atoms with Gasteiger partial charge in [-0.15, -0.1) is 0 Å². The molecule has 0 spiro atoms. The summed E-state index contributed by atoms with van der Waals surface area (Å²) >= 11 is 11.8. The van der Waals surface area contributed by atoms with Crippen LogP contribution < -0.4 is 4.90 Å². The Bertz CT molecular complexity index is 459. The second-order valence-corrected chi connectivity index (χ2v) is 5.84. The fraction of sp³-hybridized carbons (Fsp3) is 0.500. The SMILES string of the molecule is C[C@@H](C[NH+]1CCCC1)OC(=O)c1ccc(Cl)cc1Cl. The number of likely N-dealkylation sites (tertiary alicyclic amines) is 1. The Hall–Kier alpha value is -0.770. The Morgan fingerprint density at radius 3 is 2.68 bits per heavy atom.